The Bertz CT molecular complexity index is 941. The Morgan fingerprint density at radius 1 is 1.00 bits per heavy atom. The number of nitrogens with one attached hydrogen (secondary N) is 1. The fraction of sp³-hybridized carbons (Fsp3) is 0.360. The zero-order valence-electron chi connectivity index (χ0n) is 17.5. The molecule has 154 valence electrons. The van der Waals surface area contributed by atoms with Crippen molar-refractivity contribution >= 4 is 26.7 Å². The molecule has 0 amide bonds. The number of benzene rings is 3. The number of β-amino-alcohol motifs (C(OH)–C–C–N with tert-alkyl or cyclic N) is 1. The number of likely N-dealkylation sites (N-methyl/N-ethyl adjacent to an activating group) is 1. The van der Waals surface area contributed by atoms with E-state index < -0.39 is 6.10 Å². The molecule has 0 aliphatic carbocycles. The summed E-state index contributed by atoms with van der Waals surface area (Å²) in [5.41, 5.74) is 2.44. The third-order valence-corrected chi connectivity index (χ3v) is 5.97. The molecule has 0 heterocycles. The van der Waals surface area contributed by atoms with Gasteiger partial charge in [-0.3, -0.25) is 4.90 Å². The summed E-state index contributed by atoms with van der Waals surface area (Å²) in [5.74, 6) is 0. The Morgan fingerprint density at radius 3 is 2.45 bits per heavy atom. The van der Waals surface area contributed by atoms with Crippen LogP contribution in [0.3, 0.4) is 0 Å². The van der Waals surface area contributed by atoms with E-state index in [1.54, 1.807) is 0 Å². The molecule has 2 N–H and O–H groups in total. The summed E-state index contributed by atoms with van der Waals surface area (Å²) in [5, 5.41) is 16.6. The highest BCUT2D eigenvalue weighted by Gasteiger charge is 2.20. The van der Waals surface area contributed by atoms with Crippen LogP contribution in [-0.4, -0.2) is 41.8 Å². The van der Waals surface area contributed by atoms with Gasteiger partial charge in [-0.25, -0.2) is 0 Å². The van der Waals surface area contributed by atoms with Crippen LogP contribution in [0.1, 0.15) is 25.0 Å². The predicted octanol–water partition coefficient (Wildman–Crippen LogP) is 5.01. The first-order chi connectivity index (χ1) is 13.8. The molecule has 0 saturated heterocycles. The molecule has 0 fully saturated rings. The summed E-state index contributed by atoms with van der Waals surface area (Å²) >= 11 is 3.59. The van der Waals surface area contributed by atoms with Crippen molar-refractivity contribution in [1.82, 2.24) is 10.2 Å². The van der Waals surface area contributed by atoms with Crippen LogP contribution < -0.4 is 5.32 Å². The van der Waals surface area contributed by atoms with E-state index in [2.05, 4.69) is 94.6 Å². The average molecular weight is 455 g/mol. The molecule has 3 aromatic carbocycles. The molecule has 0 unspecified atom stereocenters. The van der Waals surface area contributed by atoms with Crippen LogP contribution in [0, 0.1) is 0 Å². The highest BCUT2D eigenvalue weighted by molar-refractivity contribution is 9.10. The molecule has 0 spiro atoms. The zero-order chi connectivity index (χ0) is 20.9. The summed E-state index contributed by atoms with van der Waals surface area (Å²) in [7, 11) is 2.04. The third-order valence-electron chi connectivity index (χ3n) is 5.20. The first-order valence-electron chi connectivity index (χ1n) is 10.2. The molecule has 29 heavy (non-hydrogen) atoms. The number of aliphatic hydroxyl groups excluding tert-OH is 1. The van der Waals surface area contributed by atoms with Crippen molar-refractivity contribution in [3.8, 4) is 0 Å². The summed E-state index contributed by atoms with van der Waals surface area (Å²) in [4.78, 5) is 2.16. The topological polar surface area (TPSA) is 35.5 Å². The fourth-order valence-electron chi connectivity index (χ4n) is 3.72. The maximum absolute atomic E-state index is 10.5. The van der Waals surface area contributed by atoms with Crippen molar-refractivity contribution < 1.29 is 5.11 Å². The van der Waals surface area contributed by atoms with Gasteiger partial charge in [-0.15, -0.1) is 0 Å². The maximum atomic E-state index is 10.5. The number of nitrogens with zero attached hydrogens (tertiary/aromatic N) is 1. The van der Waals surface area contributed by atoms with Gasteiger partial charge < -0.3 is 10.4 Å². The second-order valence-corrected chi connectivity index (χ2v) is 9.42. The number of aliphatic hydroxyl groups is 1. The van der Waals surface area contributed by atoms with Gasteiger partial charge in [0.05, 0.1) is 6.10 Å². The Kier molecular flexibility index (Phi) is 7.47. The molecule has 4 heteroatoms. The maximum Gasteiger partial charge on any atom is 0.0791 e. The van der Waals surface area contributed by atoms with Crippen LogP contribution in [0.5, 0.6) is 0 Å². The minimum atomic E-state index is -0.418. The minimum absolute atomic E-state index is 0.0928. The van der Waals surface area contributed by atoms with E-state index in [0.717, 1.165) is 17.4 Å². The van der Waals surface area contributed by atoms with Gasteiger partial charge in [0.25, 0.3) is 0 Å². The first-order valence-corrected chi connectivity index (χ1v) is 10.9. The lowest BCUT2D eigenvalue weighted by atomic mass is 9.93. The van der Waals surface area contributed by atoms with Crippen molar-refractivity contribution in [3.63, 3.8) is 0 Å². The molecule has 0 aliphatic heterocycles. The summed E-state index contributed by atoms with van der Waals surface area (Å²) in [6, 6.07) is 23.3. The smallest absolute Gasteiger partial charge is 0.0791 e. The predicted molar refractivity (Wildman–Crippen MR) is 126 cm³/mol. The van der Waals surface area contributed by atoms with Crippen molar-refractivity contribution in [2.24, 2.45) is 0 Å². The van der Waals surface area contributed by atoms with Crippen molar-refractivity contribution in [2.75, 3.05) is 20.1 Å². The fourth-order valence-corrected chi connectivity index (χ4v) is 4.13. The van der Waals surface area contributed by atoms with Gasteiger partial charge in [0.1, 0.15) is 0 Å². The number of halogens is 1. The molecular weight excluding hydrogens is 424 g/mol. The first kappa shape index (κ1) is 22.0. The van der Waals surface area contributed by atoms with Crippen molar-refractivity contribution in [1.29, 1.82) is 0 Å². The van der Waals surface area contributed by atoms with Crippen LogP contribution in [0.2, 0.25) is 0 Å². The van der Waals surface area contributed by atoms with Crippen molar-refractivity contribution in [3.05, 3.63) is 82.3 Å². The van der Waals surface area contributed by atoms with Gasteiger partial charge in [0.15, 0.2) is 0 Å². The zero-order valence-corrected chi connectivity index (χ0v) is 19.1. The van der Waals surface area contributed by atoms with E-state index in [1.165, 1.54) is 21.9 Å². The molecular formula is C25H31BrN2O. The van der Waals surface area contributed by atoms with Crippen LogP contribution in [0.15, 0.2) is 71.2 Å². The van der Waals surface area contributed by atoms with Crippen LogP contribution in [0.4, 0.5) is 0 Å². The van der Waals surface area contributed by atoms with Gasteiger partial charge in [-0.1, -0.05) is 76.6 Å². The molecule has 0 aliphatic rings. The second kappa shape index (κ2) is 9.86. The largest absolute Gasteiger partial charge is 0.390 e. The number of rotatable bonds is 9. The van der Waals surface area contributed by atoms with E-state index in [1.807, 2.05) is 19.2 Å². The SMILES string of the molecule is CN(Cc1ccccc1Br)C[C@H](O)CNC(C)(C)Cc1ccc2ccccc2c1. The van der Waals surface area contributed by atoms with E-state index in [0.29, 0.717) is 13.1 Å². The Morgan fingerprint density at radius 2 is 1.69 bits per heavy atom. The molecule has 3 nitrogen and oxygen atoms in total. The Hall–Kier alpha value is -1.72. The minimum Gasteiger partial charge on any atom is -0.390 e. The number of hydrogen-bond acceptors (Lipinski definition) is 3. The molecule has 0 radical (unpaired) electrons. The van der Waals surface area contributed by atoms with Crippen LogP contribution in [0.25, 0.3) is 10.8 Å². The molecule has 3 rings (SSSR count). The standard InChI is InChI=1S/C25H31BrN2O/c1-25(2,15-19-12-13-20-8-4-5-9-21(20)14-19)27-16-23(29)18-28(3)17-22-10-6-7-11-24(22)26/h4-14,23,27,29H,15-18H2,1-3H3/t23-/m1/s1. The van der Waals surface area contributed by atoms with E-state index in [-0.39, 0.29) is 5.54 Å². The number of fused-ring (bicyclic) bond motifs is 1. The van der Waals surface area contributed by atoms with E-state index >= 15 is 0 Å². The molecule has 3 aromatic rings. The normalized spacial score (nSPS) is 13.2. The molecule has 0 saturated carbocycles. The van der Waals surface area contributed by atoms with E-state index in [4.69, 9.17) is 0 Å². The molecule has 1 atom stereocenters. The lowest BCUT2D eigenvalue weighted by Crippen LogP contribution is -2.47. The Balaban J connectivity index is 1.50. The van der Waals surface area contributed by atoms with Crippen LogP contribution >= 0.6 is 15.9 Å². The molecule has 0 aromatic heterocycles. The van der Waals surface area contributed by atoms with Gasteiger partial charge in [0.2, 0.25) is 0 Å². The van der Waals surface area contributed by atoms with Gasteiger partial charge in [0, 0.05) is 29.6 Å². The summed E-state index contributed by atoms with van der Waals surface area (Å²) in [6.45, 7) is 6.39. The van der Waals surface area contributed by atoms with Crippen LogP contribution in [-0.2, 0) is 13.0 Å². The van der Waals surface area contributed by atoms with Gasteiger partial charge >= 0.3 is 0 Å². The summed E-state index contributed by atoms with van der Waals surface area (Å²) < 4.78 is 1.11. The second-order valence-electron chi connectivity index (χ2n) is 8.57. The highest BCUT2D eigenvalue weighted by atomic mass is 79.9. The van der Waals surface area contributed by atoms with Gasteiger partial charge in [-0.05, 0) is 55.3 Å². The average Bonchev–Trinajstić information content (AvgIpc) is 2.68. The number of hydrogen-bond donors (Lipinski definition) is 2. The highest BCUT2D eigenvalue weighted by Crippen LogP contribution is 2.20. The van der Waals surface area contributed by atoms with E-state index in [9.17, 15) is 5.11 Å². The van der Waals surface area contributed by atoms with Gasteiger partial charge in [-0.2, -0.15) is 0 Å². The third kappa shape index (κ3) is 6.65. The monoisotopic (exact) mass is 454 g/mol. The quantitative estimate of drug-likeness (QED) is 0.477. The van der Waals surface area contributed by atoms with Crippen molar-refractivity contribution in [2.45, 2.75) is 38.5 Å². The lowest BCUT2D eigenvalue weighted by Gasteiger charge is -2.29. The summed E-state index contributed by atoms with van der Waals surface area (Å²) in [6.07, 6.45) is 0.496. The lowest BCUT2D eigenvalue weighted by molar-refractivity contribution is 0.113. The molecule has 0 bridgehead atoms. The Labute approximate surface area is 182 Å².